The zero-order valence-electron chi connectivity index (χ0n) is 14.9. The molecule has 1 spiro atoms. The molecule has 6 nitrogen and oxygen atoms in total. The number of amides is 1. The SMILES string of the molecule is Cc1ccoc1C(=O)N1CC[C@@]2(C[C@H](OCC3CCOCC3)CO2)C1. The summed E-state index contributed by atoms with van der Waals surface area (Å²) in [6.45, 7) is 6.36. The summed E-state index contributed by atoms with van der Waals surface area (Å²) in [6, 6.07) is 1.82. The van der Waals surface area contributed by atoms with Crippen molar-refractivity contribution >= 4 is 5.91 Å². The highest BCUT2D eigenvalue weighted by Gasteiger charge is 2.47. The van der Waals surface area contributed by atoms with Gasteiger partial charge < -0.3 is 23.5 Å². The zero-order valence-corrected chi connectivity index (χ0v) is 14.9. The standard InChI is InChI=1S/C19H27NO5/c1-14-2-9-23-17(14)18(21)20-6-5-19(13-20)10-16(12-25-19)24-11-15-3-7-22-8-4-15/h2,9,15-16H,3-8,10-13H2,1H3/t16-,19+/m0/s1. The maximum Gasteiger partial charge on any atom is 0.289 e. The Hall–Kier alpha value is -1.37. The number of hydrogen-bond donors (Lipinski definition) is 0. The van der Waals surface area contributed by atoms with Crippen molar-refractivity contribution in [3.8, 4) is 0 Å². The van der Waals surface area contributed by atoms with E-state index in [0.29, 0.717) is 31.4 Å². The van der Waals surface area contributed by atoms with E-state index in [1.54, 1.807) is 6.26 Å². The number of rotatable bonds is 4. The minimum atomic E-state index is -0.240. The molecule has 0 aromatic carbocycles. The molecule has 6 heteroatoms. The third-order valence-corrected chi connectivity index (χ3v) is 5.74. The molecule has 1 aromatic rings. The number of likely N-dealkylation sites (tertiary alicyclic amines) is 1. The molecule has 3 aliphatic rings. The average molecular weight is 349 g/mol. The van der Waals surface area contributed by atoms with E-state index in [2.05, 4.69) is 0 Å². The van der Waals surface area contributed by atoms with Gasteiger partial charge in [-0.3, -0.25) is 4.79 Å². The second-order valence-electron chi connectivity index (χ2n) is 7.62. The predicted octanol–water partition coefficient (Wildman–Crippen LogP) is 2.40. The first-order chi connectivity index (χ1) is 12.2. The first-order valence-corrected chi connectivity index (χ1v) is 9.32. The lowest BCUT2D eigenvalue weighted by molar-refractivity contribution is -0.0186. The molecule has 0 unspecified atom stereocenters. The van der Waals surface area contributed by atoms with Crippen LogP contribution in [0.15, 0.2) is 16.7 Å². The first-order valence-electron chi connectivity index (χ1n) is 9.32. The van der Waals surface area contributed by atoms with Crippen LogP contribution >= 0.6 is 0 Å². The van der Waals surface area contributed by atoms with Crippen LogP contribution in [0.1, 0.15) is 41.8 Å². The van der Waals surface area contributed by atoms with E-state index in [1.165, 1.54) is 0 Å². The van der Waals surface area contributed by atoms with E-state index in [-0.39, 0.29) is 17.6 Å². The molecule has 0 aliphatic carbocycles. The summed E-state index contributed by atoms with van der Waals surface area (Å²) in [6.07, 6.45) is 5.63. The lowest BCUT2D eigenvalue weighted by Crippen LogP contribution is -2.36. The number of nitrogens with zero attached hydrogens (tertiary/aromatic N) is 1. The first kappa shape index (κ1) is 17.1. The molecule has 3 aliphatic heterocycles. The molecule has 0 bridgehead atoms. The molecular formula is C19H27NO5. The minimum absolute atomic E-state index is 0.0328. The molecule has 2 atom stereocenters. The largest absolute Gasteiger partial charge is 0.459 e. The topological polar surface area (TPSA) is 61.1 Å². The van der Waals surface area contributed by atoms with Crippen molar-refractivity contribution in [2.45, 2.75) is 44.3 Å². The molecule has 4 rings (SSSR count). The Balaban J connectivity index is 1.29. The van der Waals surface area contributed by atoms with Crippen molar-refractivity contribution in [2.75, 3.05) is 39.5 Å². The lowest BCUT2D eigenvalue weighted by atomic mass is 9.98. The quantitative estimate of drug-likeness (QED) is 0.835. The summed E-state index contributed by atoms with van der Waals surface area (Å²) in [5, 5.41) is 0. The van der Waals surface area contributed by atoms with Crippen LogP contribution in [0.4, 0.5) is 0 Å². The molecule has 0 saturated carbocycles. The van der Waals surface area contributed by atoms with Crippen molar-refractivity contribution in [1.82, 2.24) is 4.90 Å². The molecule has 0 radical (unpaired) electrons. The molecule has 138 valence electrons. The third kappa shape index (κ3) is 3.61. The van der Waals surface area contributed by atoms with Crippen molar-refractivity contribution < 1.29 is 23.4 Å². The van der Waals surface area contributed by atoms with Gasteiger partial charge in [0.1, 0.15) is 0 Å². The lowest BCUT2D eigenvalue weighted by Gasteiger charge is -2.24. The number of furan rings is 1. The van der Waals surface area contributed by atoms with Gasteiger partial charge in [0.25, 0.3) is 5.91 Å². The highest BCUT2D eigenvalue weighted by atomic mass is 16.6. The Bertz CT molecular complexity index is 609. The van der Waals surface area contributed by atoms with Crippen LogP contribution < -0.4 is 0 Å². The van der Waals surface area contributed by atoms with Gasteiger partial charge in [-0.15, -0.1) is 0 Å². The molecule has 3 saturated heterocycles. The summed E-state index contributed by atoms with van der Waals surface area (Å²) >= 11 is 0. The second-order valence-corrected chi connectivity index (χ2v) is 7.62. The van der Waals surface area contributed by atoms with Crippen LogP contribution in [0.2, 0.25) is 0 Å². The molecule has 25 heavy (non-hydrogen) atoms. The Morgan fingerprint density at radius 2 is 2.24 bits per heavy atom. The van der Waals surface area contributed by atoms with Gasteiger partial charge in [-0.1, -0.05) is 0 Å². The van der Waals surface area contributed by atoms with Gasteiger partial charge in [-0.05, 0) is 38.2 Å². The summed E-state index contributed by atoms with van der Waals surface area (Å²) in [7, 11) is 0. The molecule has 1 aromatic heterocycles. The smallest absolute Gasteiger partial charge is 0.289 e. The predicted molar refractivity (Wildman–Crippen MR) is 90.5 cm³/mol. The van der Waals surface area contributed by atoms with Gasteiger partial charge in [-0.25, -0.2) is 0 Å². The van der Waals surface area contributed by atoms with Crippen LogP contribution in [-0.2, 0) is 14.2 Å². The fourth-order valence-electron chi connectivity index (χ4n) is 4.13. The highest BCUT2D eigenvalue weighted by molar-refractivity contribution is 5.93. The summed E-state index contributed by atoms with van der Waals surface area (Å²) in [4.78, 5) is 14.5. The van der Waals surface area contributed by atoms with Gasteiger partial charge in [0.2, 0.25) is 0 Å². The summed E-state index contributed by atoms with van der Waals surface area (Å²) < 4.78 is 23.0. The Morgan fingerprint density at radius 1 is 1.40 bits per heavy atom. The van der Waals surface area contributed by atoms with Gasteiger partial charge >= 0.3 is 0 Å². The fraction of sp³-hybridized carbons (Fsp3) is 0.737. The molecular weight excluding hydrogens is 322 g/mol. The number of ether oxygens (including phenoxy) is 3. The Kier molecular flexibility index (Phi) is 4.84. The van der Waals surface area contributed by atoms with Crippen molar-refractivity contribution in [1.29, 1.82) is 0 Å². The van der Waals surface area contributed by atoms with E-state index in [0.717, 1.165) is 51.1 Å². The second kappa shape index (κ2) is 7.09. The number of carbonyl (C=O) groups excluding carboxylic acids is 1. The molecule has 0 N–H and O–H groups in total. The van der Waals surface area contributed by atoms with Crippen molar-refractivity contribution in [2.24, 2.45) is 5.92 Å². The number of hydrogen-bond acceptors (Lipinski definition) is 5. The van der Waals surface area contributed by atoms with Gasteiger partial charge in [0, 0.05) is 31.7 Å². The normalized spacial score (nSPS) is 30.4. The monoisotopic (exact) mass is 349 g/mol. The average Bonchev–Trinajstić information content (AvgIpc) is 3.35. The summed E-state index contributed by atoms with van der Waals surface area (Å²) in [5.41, 5.74) is 0.646. The molecule has 4 heterocycles. The fourth-order valence-corrected chi connectivity index (χ4v) is 4.13. The van der Waals surface area contributed by atoms with Gasteiger partial charge in [-0.2, -0.15) is 0 Å². The van der Waals surface area contributed by atoms with Crippen molar-refractivity contribution in [3.63, 3.8) is 0 Å². The maximum atomic E-state index is 12.6. The Morgan fingerprint density at radius 3 is 3.00 bits per heavy atom. The van der Waals surface area contributed by atoms with Crippen LogP contribution in [0.3, 0.4) is 0 Å². The molecule has 1 amide bonds. The maximum absolute atomic E-state index is 12.6. The highest BCUT2D eigenvalue weighted by Crippen LogP contribution is 2.37. The van der Waals surface area contributed by atoms with E-state index in [1.807, 2.05) is 17.9 Å². The van der Waals surface area contributed by atoms with Gasteiger partial charge in [0.15, 0.2) is 5.76 Å². The number of aryl methyl sites for hydroxylation is 1. The minimum Gasteiger partial charge on any atom is -0.459 e. The zero-order chi connectivity index (χ0) is 17.3. The van der Waals surface area contributed by atoms with Crippen LogP contribution in [0, 0.1) is 12.8 Å². The summed E-state index contributed by atoms with van der Waals surface area (Å²) in [5.74, 6) is 1.02. The van der Waals surface area contributed by atoms with E-state index >= 15 is 0 Å². The van der Waals surface area contributed by atoms with E-state index < -0.39 is 0 Å². The van der Waals surface area contributed by atoms with Gasteiger partial charge in [0.05, 0.1) is 37.7 Å². The number of carbonyl (C=O) groups is 1. The van der Waals surface area contributed by atoms with Crippen LogP contribution in [0.25, 0.3) is 0 Å². The van der Waals surface area contributed by atoms with Crippen LogP contribution in [-0.4, -0.2) is 62.0 Å². The van der Waals surface area contributed by atoms with E-state index in [9.17, 15) is 4.79 Å². The van der Waals surface area contributed by atoms with E-state index in [4.69, 9.17) is 18.6 Å². The molecule has 3 fully saturated rings. The Labute approximate surface area is 148 Å². The van der Waals surface area contributed by atoms with Crippen molar-refractivity contribution in [3.05, 3.63) is 23.7 Å². The van der Waals surface area contributed by atoms with Crippen LogP contribution in [0.5, 0.6) is 0 Å². The third-order valence-electron chi connectivity index (χ3n) is 5.74.